The van der Waals surface area contributed by atoms with Crippen molar-refractivity contribution < 1.29 is 14.3 Å². The predicted octanol–water partition coefficient (Wildman–Crippen LogP) is 0.862. The number of nitrogen functional groups attached to an aromatic ring is 1. The number of ether oxygens (including phenoxy) is 2. The van der Waals surface area contributed by atoms with Gasteiger partial charge in [-0.05, 0) is 12.1 Å². The zero-order valence-electron chi connectivity index (χ0n) is 8.74. The van der Waals surface area contributed by atoms with Gasteiger partial charge in [0.1, 0.15) is 12.3 Å². The molecule has 0 atom stereocenters. The van der Waals surface area contributed by atoms with E-state index in [1.165, 1.54) is 14.2 Å². The predicted molar refractivity (Wildman–Crippen MR) is 57.9 cm³/mol. The summed E-state index contributed by atoms with van der Waals surface area (Å²) in [5.74, 6) is 0.224. The van der Waals surface area contributed by atoms with Gasteiger partial charge in [0.15, 0.2) is 0 Å². The van der Waals surface area contributed by atoms with Crippen molar-refractivity contribution in [3.63, 3.8) is 0 Å². The highest BCUT2D eigenvalue weighted by atomic mass is 16.5. The van der Waals surface area contributed by atoms with Gasteiger partial charge in [0.05, 0.1) is 25.6 Å². The first-order valence-corrected chi connectivity index (χ1v) is 4.42. The first kappa shape index (κ1) is 11.2. The van der Waals surface area contributed by atoms with Crippen LogP contribution in [0.25, 0.3) is 0 Å². The van der Waals surface area contributed by atoms with Gasteiger partial charge < -0.3 is 20.5 Å². The smallest absolute Gasteiger partial charge is 0.325 e. The maximum absolute atomic E-state index is 10.9. The topological polar surface area (TPSA) is 73.6 Å². The number of benzene rings is 1. The Morgan fingerprint density at radius 2 is 2.20 bits per heavy atom. The van der Waals surface area contributed by atoms with Crippen LogP contribution in [0.15, 0.2) is 18.2 Å². The average molecular weight is 210 g/mol. The summed E-state index contributed by atoms with van der Waals surface area (Å²) in [6, 6.07) is 5.30. The van der Waals surface area contributed by atoms with E-state index in [1.54, 1.807) is 18.2 Å². The third-order valence-corrected chi connectivity index (χ3v) is 1.94. The lowest BCUT2D eigenvalue weighted by atomic mass is 10.2. The summed E-state index contributed by atoms with van der Waals surface area (Å²) < 4.78 is 9.53. The Labute approximate surface area is 88.2 Å². The Morgan fingerprint density at radius 1 is 1.47 bits per heavy atom. The minimum Gasteiger partial charge on any atom is -0.495 e. The highest BCUT2D eigenvalue weighted by Gasteiger charge is 2.06. The highest BCUT2D eigenvalue weighted by Crippen LogP contribution is 2.28. The number of carbonyl (C=O) groups excluding carboxylic acids is 1. The van der Waals surface area contributed by atoms with Gasteiger partial charge in [-0.1, -0.05) is 6.07 Å². The van der Waals surface area contributed by atoms with Crippen molar-refractivity contribution in [3.8, 4) is 5.75 Å². The van der Waals surface area contributed by atoms with Crippen LogP contribution in [0.4, 0.5) is 11.4 Å². The largest absolute Gasteiger partial charge is 0.495 e. The molecule has 1 aromatic rings. The third-order valence-electron chi connectivity index (χ3n) is 1.94. The number of rotatable bonds is 4. The molecule has 0 bridgehead atoms. The van der Waals surface area contributed by atoms with E-state index in [1.807, 2.05) is 0 Å². The molecule has 0 spiro atoms. The van der Waals surface area contributed by atoms with E-state index < -0.39 is 0 Å². The Balaban J connectivity index is 2.73. The number of nitrogens with two attached hydrogens (primary N) is 1. The molecule has 0 aliphatic heterocycles. The van der Waals surface area contributed by atoms with E-state index in [-0.39, 0.29) is 12.5 Å². The van der Waals surface area contributed by atoms with Crippen LogP contribution in [-0.2, 0) is 9.53 Å². The van der Waals surface area contributed by atoms with E-state index in [9.17, 15) is 4.79 Å². The summed E-state index contributed by atoms with van der Waals surface area (Å²) in [6.07, 6.45) is 0. The lowest BCUT2D eigenvalue weighted by Gasteiger charge is -2.10. The fourth-order valence-electron chi connectivity index (χ4n) is 1.12. The average Bonchev–Trinajstić information content (AvgIpc) is 2.27. The van der Waals surface area contributed by atoms with E-state index in [0.717, 1.165) is 0 Å². The lowest BCUT2D eigenvalue weighted by molar-refractivity contribution is -0.138. The highest BCUT2D eigenvalue weighted by molar-refractivity contribution is 5.79. The minimum absolute atomic E-state index is 0.0772. The standard InChI is InChI=1S/C10H14N2O3/c1-14-8-5-3-4-7(10(8)11)12-6-9(13)15-2/h3-5,12H,6,11H2,1-2H3. The molecule has 0 aromatic heterocycles. The number of anilines is 2. The molecule has 1 rings (SSSR count). The van der Waals surface area contributed by atoms with Crippen molar-refractivity contribution in [3.05, 3.63) is 18.2 Å². The van der Waals surface area contributed by atoms with E-state index in [4.69, 9.17) is 10.5 Å². The van der Waals surface area contributed by atoms with Crippen molar-refractivity contribution >= 4 is 17.3 Å². The Morgan fingerprint density at radius 3 is 2.80 bits per heavy atom. The summed E-state index contributed by atoms with van der Waals surface area (Å²) in [7, 11) is 2.87. The van der Waals surface area contributed by atoms with Crippen LogP contribution in [0, 0.1) is 0 Å². The molecule has 15 heavy (non-hydrogen) atoms. The first-order valence-electron chi connectivity index (χ1n) is 4.42. The Hall–Kier alpha value is -1.91. The summed E-state index contributed by atoms with van der Waals surface area (Å²) in [5, 5.41) is 2.86. The maximum Gasteiger partial charge on any atom is 0.325 e. The number of hydrogen-bond acceptors (Lipinski definition) is 5. The van der Waals surface area contributed by atoms with Crippen LogP contribution in [0.5, 0.6) is 5.75 Å². The molecule has 0 saturated carbocycles. The first-order chi connectivity index (χ1) is 7.19. The van der Waals surface area contributed by atoms with Crippen LogP contribution in [0.2, 0.25) is 0 Å². The molecule has 0 heterocycles. The fourth-order valence-corrected chi connectivity index (χ4v) is 1.12. The van der Waals surface area contributed by atoms with Gasteiger partial charge in [0.25, 0.3) is 0 Å². The van der Waals surface area contributed by atoms with Crippen molar-refractivity contribution in [1.29, 1.82) is 0 Å². The van der Waals surface area contributed by atoms with Gasteiger partial charge in [0, 0.05) is 0 Å². The molecule has 0 aliphatic rings. The SMILES string of the molecule is COC(=O)CNc1cccc(OC)c1N. The molecular weight excluding hydrogens is 196 g/mol. The molecule has 5 nitrogen and oxygen atoms in total. The Kier molecular flexibility index (Phi) is 3.79. The quantitative estimate of drug-likeness (QED) is 0.569. The van der Waals surface area contributed by atoms with Gasteiger partial charge >= 0.3 is 5.97 Å². The van der Waals surface area contributed by atoms with Crippen LogP contribution in [0.1, 0.15) is 0 Å². The van der Waals surface area contributed by atoms with Crippen LogP contribution < -0.4 is 15.8 Å². The Bertz CT molecular complexity index is 353. The molecule has 0 unspecified atom stereocenters. The maximum atomic E-state index is 10.9. The molecular formula is C10H14N2O3. The van der Waals surface area contributed by atoms with Crippen molar-refractivity contribution in [1.82, 2.24) is 0 Å². The van der Waals surface area contributed by atoms with Crippen molar-refractivity contribution in [2.45, 2.75) is 0 Å². The molecule has 1 aromatic carbocycles. The van der Waals surface area contributed by atoms with Crippen LogP contribution in [-0.4, -0.2) is 26.7 Å². The summed E-state index contributed by atoms with van der Waals surface area (Å²) in [5.41, 5.74) is 6.91. The van der Waals surface area contributed by atoms with Crippen molar-refractivity contribution in [2.75, 3.05) is 31.8 Å². The summed E-state index contributed by atoms with van der Waals surface area (Å²) >= 11 is 0. The molecule has 0 saturated heterocycles. The second-order valence-corrected chi connectivity index (χ2v) is 2.85. The number of hydrogen-bond donors (Lipinski definition) is 2. The van der Waals surface area contributed by atoms with E-state index in [2.05, 4.69) is 10.1 Å². The molecule has 3 N–H and O–H groups in total. The van der Waals surface area contributed by atoms with Gasteiger partial charge in [0.2, 0.25) is 0 Å². The molecule has 0 aliphatic carbocycles. The van der Waals surface area contributed by atoms with Gasteiger partial charge in [-0.2, -0.15) is 0 Å². The number of methoxy groups -OCH3 is 2. The van der Waals surface area contributed by atoms with Crippen LogP contribution in [0.3, 0.4) is 0 Å². The molecule has 82 valence electrons. The van der Waals surface area contributed by atoms with Gasteiger partial charge in [-0.3, -0.25) is 4.79 Å². The fraction of sp³-hybridized carbons (Fsp3) is 0.300. The van der Waals surface area contributed by atoms with Gasteiger partial charge in [-0.15, -0.1) is 0 Å². The second-order valence-electron chi connectivity index (χ2n) is 2.85. The summed E-state index contributed by atoms with van der Waals surface area (Å²) in [4.78, 5) is 10.9. The number of nitrogens with one attached hydrogen (secondary N) is 1. The van der Waals surface area contributed by atoms with Crippen molar-refractivity contribution in [2.24, 2.45) is 0 Å². The van der Waals surface area contributed by atoms with Crippen LogP contribution >= 0.6 is 0 Å². The lowest BCUT2D eigenvalue weighted by Crippen LogP contribution is -2.15. The zero-order valence-corrected chi connectivity index (χ0v) is 8.74. The molecule has 5 heteroatoms. The minimum atomic E-state index is -0.350. The number of esters is 1. The zero-order chi connectivity index (χ0) is 11.3. The second kappa shape index (κ2) is 5.09. The normalized spacial score (nSPS) is 9.47. The van der Waals surface area contributed by atoms with E-state index >= 15 is 0 Å². The number of carbonyl (C=O) groups is 1. The monoisotopic (exact) mass is 210 g/mol. The molecule has 0 fully saturated rings. The third kappa shape index (κ3) is 2.77. The number of para-hydroxylation sites is 1. The summed E-state index contributed by atoms with van der Waals surface area (Å²) in [6.45, 7) is 0.0772. The van der Waals surface area contributed by atoms with Gasteiger partial charge in [-0.25, -0.2) is 0 Å². The molecule has 0 radical (unpaired) electrons. The molecule has 0 amide bonds. The van der Waals surface area contributed by atoms with E-state index in [0.29, 0.717) is 17.1 Å².